The molecule has 1 rings (SSSR count). The zero-order valence-corrected chi connectivity index (χ0v) is 6.98. The monoisotopic (exact) mass is 189 g/mol. The van der Waals surface area contributed by atoms with Gasteiger partial charge in [-0.1, -0.05) is 19.1 Å². The fourth-order valence-electron chi connectivity index (χ4n) is 0.884. The number of rotatable bonds is 2. The van der Waals surface area contributed by atoms with E-state index in [1.54, 1.807) is 6.07 Å². The van der Waals surface area contributed by atoms with Crippen LogP contribution in [-0.4, -0.2) is 6.36 Å². The Morgan fingerprint density at radius 2 is 2.08 bits per heavy atom. The minimum atomic E-state index is -4.64. The third-order valence-electron chi connectivity index (χ3n) is 1.44. The molecule has 0 fully saturated rings. The molecule has 71 valence electrons. The molecule has 0 atom stereocenters. The first-order valence-electron chi connectivity index (χ1n) is 3.78. The smallest absolute Gasteiger partial charge is 0.405 e. The Morgan fingerprint density at radius 3 is 2.62 bits per heavy atom. The highest BCUT2D eigenvalue weighted by molar-refractivity contribution is 5.26. The average molecular weight is 189 g/mol. The summed E-state index contributed by atoms with van der Waals surface area (Å²) in [5.74, 6) is -0.285. The van der Waals surface area contributed by atoms with Crippen molar-refractivity contribution in [1.29, 1.82) is 0 Å². The lowest BCUT2D eigenvalue weighted by atomic mass is 10.2. The Labute approximate surface area is 74.1 Å². The van der Waals surface area contributed by atoms with Crippen LogP contribution in [0.2, 0.25) is 0 Å². The van der Waals surface area contributed by atoms with Crippen molar-refractivity contribution in [2.45, 2.75) is 19.7 Å². The Balaban J connectivity index is 2.78. The number of hydrogen-bond acceptors (Lipinski definition) is 1. The summed E-state index contributed by atoms with van der Waals surface area (Å²) in [5, 5.41) is 0. The van der Waals surface area contributed by atoms with Gasteiger partial charge in [0.05, 0.1) is 0 Å². The number of alkyl halides is 3. The van der Waals surface area contributed by atoms with Crippen LogP contribution in [0.5, 0.6) is 5.75 Å². The van der Waals surface area contributed by atoms with Crippen LogP contribution >= 0.6 is 0 Å². The molecule has 0 amide bonds. The van der Waals surface area contributed by atoms with E-state index in [9.17, 15) is 13.2 Å². The quantitative estimate of drug-likeness (QED) is 0.694. The molecule has 0 unspecified atom stereocenters. The maximum absolute atomic E-state index is 11.7. The SMILES string of the molecule is CCc1[c]c(OC(F)(F)F)ccc1. The van der Waals surface area contributed by atoms with Gasteiger partial charge in [-0.3, -0.25) is 0 Å². The van der Waals surface area contributed by atoms with Crippen molar-refractivity contribution in [1.82, 2.24) is 0 Å². The van der Waals surface area contributed by atoms with E-state index in [0.29, 0.717) is 12.0 Å². The van der Waals surface area contributed by atoms with Crippen LogP contribution in [0.25, 0.3) is 0 Å². The lowest BCUT2D eigenvalue weighted by Crippen LogP contribution is -2.17. The molecule has 0 aliphatic heterocycles. The van der Waals surface area contributed by atoms with Gasteiger partial charge in [-0.05, 0) is 18.1 Å². The highest BCUT2D eigenvalue weighted by atomic mass is 19.4. The van der Waals surface area contributed by atoms with E-state index in [4.69, 9.17) is 0 Å². The standard InChI is InChI=1S/C9H8F3O/c1-2-7-4-3-5-8(6-7)13-9(10,11)12/h3-5H,2H2,1H3. The lowest BCUT2D eigenvalue weighted by molar-refractivity contribution is -0.274. The van der Waals surface area contributed by atoms with E-state index in [-0.39, 0.29) is 5.75 Å². The molecule has 0 heterocycles. The van der Waals surface area contributed by atoms with E-state index in [2.05, 4.69) is 10.8 Å². The van der Waals surface area contributed by atoms with Crippen molar-refractivity contribution in [2.24, 2.45) is 0 Å². The molecule has 0 aliphatic carbocycles. The van der Waals surface area contributed by atoms with Gasteiger partial charge in [0.1, 0.15) is 5.75 Å². The molecule has 4 heteroatoms. The lowest BCUT2D eigenvalue weighted by Gasteiger charge is -2.08. The highest BCUT2D eigenvalue weighted by Gasteiger charge is 2.31. The topological polar surface area (TPSA) is 9.23 Å². The van der Waals surface area contributed by atoms with E-state index in [0.717, 1.165) is 0 Å². The van der Waals surface area contributed by atoms with Gasteiger partial charge in [-0.25, -0.2) is 0 Å². The van der Waals surface area contributed by atoms with Crippen LogP contribution in [0.1, 0.15) is 12.5 Å². The molecular weight excluding hydrogens is 181 g/mol. The van der Waals surface area contributed by atoms with Gasteiger partial charge < -0.3 is 4.74 Å². The molecule has 1 aromatic rings. The van der Waals surface area contributed by atoms with Crippen LogP contribution in [0, 0.1) is 6.07 Å². The zero-order chi connectivity index (χ0) is 9.90. The third kappa shape index (κ3) is 3.36. The molecule has 1 nitrogen and oxygen atoms in total. The second-order valence-electron chi connectivity index (χ2n) is 2.44. The number of ether oxygens (including phenoxy) is 1. The Hall–Kier alpha value is -1.19. The van der Waals surface area contributed by atoms with Crippen molar-refractivity contribution in [3.05, 3.63) is 29.8 Å². The fraction of sp³-hybridized carbons (Fsp3) is 0.333. The van der Waals surface area contributed by atoms with Crippen LogP contribution in [0.3, 0.4) is 0 Å². The molecule has 0 spiro atoms. The summed E-state index contributed by atoms with van der Waals surface area (Å²) < 4.78 is 38.9. The number of benzene rings is 1. The summed E-state index contributed by atoms with van der Waals surface area (Å²) in [4.78, 5) is 0. The van der Waals surface area contributed by atoms with E-state index in [1.807, 2.05) is 6.92 Å². The minimum Gasteiger partial charge on any atom is -0.405 e. The highest BCUT2D eigenvalue weighted by Crippen LogP contribution is 2.22. The first kappa shape index (κ1) is 9.89. The summed E-state index contributed by atoms with van der Waals surface area (Å²) in [7, 11) is 0. The van der Waals surface area contributed by atoms with Gasteiger partial charge in [0.2, 0.25) is 0 Å². The Bertz CT molecular complexity index is 280. The predicted octanol–water partition coefficient (Wildman–Crippen LogP) is 2.95. The maximum atomic E-state index is 11.7. The number of halogens is 3. The van der Waals surface area contributed by atoms with Gasteiger partial charge in [-0.2, -0.15) is 0 Å². The van der Waals surface area contributed by atoms with Gasteiger partial charge >= 0.3 is 6.36 Å². The molecule has 0 aromatic heterocycles. The summed E-state index contributed by atoms with van der Waals surface area (Å²) in [6.45, 7) is 1.84. The predicted molar refractivity (Wildman–Crippen MR) is 41.3 cm³/mol. The van der Waals surface area contributed by atoms with Crippen molar-refractivity contribution in [3.8, 4) is 5.75 Å². The maximum Gasteiger partial charge on any atom is 0.573 e. The van der Waals surface area contributed by atoms with Crippen molar-refractivity contribution >= 4 is 0 Å². The van der Waals surface area contributed by atoms with Crippen LogP contribution in [0.4, 0.5) is 13.2 Å². The minimum absolute atomic E-state index is 0.285. The second kappa shape index (κ2) is 3.68. The summed E-state index contributed by atoms with van der Waals surface area (Å²) in [6, 6.07) is 6.95. The van der Waals surface area contributed by atoms with E-state index in [1.165, 1.54) is 12.1 Å². The van der Waals surface area contributed by atoms with Crippen LogP contribution in [0.15, 0.2) is 18.2 Å². The number of aryl methyl sites for hydroxylation is 1. The van der Waals surface area contributed by atoms with E-state index >= 15 is 0 Å². The molecule has 0 bridgehead atoms. The second-order valence-corrected chi connectivity index (χ2v) is 2.44. The molecular formula is C9H8F3O. The average Bonchev–Trinajstić information content (AvgIpc) is 2.01. The summed E-state index contributed by atoms with van der Waals surface area (Å²) in [6.07, 6.45) is -4.00. The van der Waals surface area contributed by atoms with Crippen molar-refractivity contribution < 1.29 is 17.9 Å². The van der Waals surface area contributed by atoms with Gasteiger partial charge in [0.25, 0.3) is 0 Å². The van der Waals surface area contributed by atoms with Gasteiger partial charge in [-0.15, -0.1) is 13.2 Å². The Morgan fingerprint density at radius 1 is 1.38 bits per heavy atom. The van der Waals surface area contributed by atoms with Gasteiger partial charge in [0, 0.05) is 6.07 Å². The third-order valence-corrected chi connectivity index (χ3v) is 1.44. The normalized spacial score (nSPS) is 11.4. The van der Waals surface area contributed by atoms with Crippen LogP contribution < -0.4 is 4.74 Å². The number of hydrogen-bond donors (Lipinski definition) is 0. The van der Waals surface area contributed by atoms with Gasteiger partial charge in [0.15, 0.2) is 0 Å². The summed E-state index contributed by atoms with van der Waals surface area (Å²) in [5.41, 5.74) is 0.696. The first-order chi connectivity index (χ1) is 6.01. The molecule has 0 N–H and O–H groups in total. The molecule has 13 heavy (non-hydrogen) atoms. The molecule has 0 saturated heterocycles. The Kier molecular flexibility index (Phi) is 2.80. The molecule has 1 radical (unpaired) electrons. The zero-order valence-electron chi connectivity index (χ0n) is 6.98. The van der Waals surface area contributed by atoms with Crippen molar-refractivity contribution in [2.75, 3.05) is 0 Å². The fourth-order valence-corrected chi connectivity index (χ4v) is 0.884. The molecule has 0 aliphatic rings. The largest absolute Gasteiger partial charge is 0.573 e. The van der Waals surface area contributed by atoms with Crippen molar-refractivity contribution in [3.63, 3.8) is 0 Å². The van der Waals surface area contributed by atoms with E-state index < -0.39 is 6.36 Å². The molecule has 0 saturated carbocycles. The molecule has 1 aromatic carbocycles. The first-order valence-corrected chi connectivity index (χ1v) is 3.78. The summed E-state index contributed by atoms with van der Waals surface area (Å²) >= 11 is 0. The van der Waals surface area contributed by atoms with Crippen LogP contribution in [-0.2, 0) is 6.42 Å².